The quantitative estimate of drug-likeness (QED) is 0.554. The van der Waals surface area contributed by atoms with Gasteiger partial charge in [0.2, 0.25) is 0 Å². The minimum atomic E-state index is -0.250. The minimum absolute atomic E-state index is 0.250. The molecule has 1 aromatic rings. The van der Waals surface area contributed by atoms with Crippen LogP contribution in [0.15, 0.2) is 30.6 Å². The van der Waals surface area contributed by atoms with E-state index in [4.69, 9.17) is 19.8 Å². The summed E-state index contributed by atoms with van der Waals surface area (Å²) in [6.45, 7) is -0.500. The Morgan fingerprint density at radius 2 is 1.25 bits per heavy atom. The van der Waals surface area contributed by atoms with Crippen LogP contribution in [-0.4, -0.2) is 28.1 Å². The third-order valence-electron chi connectivity index (χ3n) is 0.566. The van der Waals surface area contributed by atoms with Crippen molar-refractivity contribution in [2.24, 2.45) is 0 Å². The first kappa shape index (κ1) is 12.7. The van der Waals surface area contributed by atoms with Crippen molar-refractivity contribution in [1.29, 1.82) is 0 Å². The maximum atomic E-state index is 8.36. The molecule has 66 valence electrons. The van der Waals surface area contributed by atoms with Crippen molar-refractivity contribution in [3.8, 4) is 0 Å². The molecule has 0 aliphatic heterocycles. The molecule has 0 aliphatic carbocycles. The van der Waals surface area contributed by atoms with E-state index in [1.807, 2.05) is 18.2 Å². The Hall–Kier alpha value is -1.91. The molecule has 2 N–H and O–H groups in total. The number of rotatable bonds is 0. The van der Waals surface area contributed by atoms with Gasteiger partial charge < -0.3 is 10.2 Å². The van der Waals surface area contributed by atoms with E-state index in [9.17, 15) is 0 Å². The Morgan fingerprint density at radius 3 is 1.33 bits per heavy atom. The third kappa shape index (κ3) is 24.3. The van der Waals surface area contributed by atoms with Crippen molar-refractivity contribution in [2.75, 3.05) is 0 Å². The van der Waals surface area contributed by atoms with Crippen LogP contribution in [0.25, 0.3) is 0 Å². The molecule has 0 saturated heterocycles. The lowest BCUT2D eigenvalue weighted by atomic mass is 10.5. The largest absolute Gasteiger partial charge is 0.483 e. The fraction of sp³-hybridized carbons (Fsp3) is 0. The Kier molecular flexibility index (Phi) is 17.0. The number of pyridine rings is 1. The first-order valence-corrected chi connectivity index (χ1v) is 2.84. The SMILES string of the molecule is O=CO.O=CO.c1ccncc1. The van der Waals surface area contributed by atoms with Crippen molar-refractivity contribution in [3.05, 3.63) is 30.6 Å². The maximum Gasteiger partial charge on any atom is 0.290 e. The average Bonchev–Trinajstić information content (AvgIpc) is 2.10. The highest BCUT2D eigenvalue weighted by Crippen LogP contribution is 1.73. The normalized spacial score (nSPS) is 6.00. The van der Waals surface area contributed by atoms with E-state index in [1.165, 1.54) is 0 Å². The summed E-state index contributed by atoms with van der Waals surface area (Å²) >= 11 is 0. The summed E-state index contributed by atoms with van der Waals surface area (Å²) < 4.78 is 0. The lowest BCUT2D eigenvalue weighted by Crippen LogP contribution is -1.58. The monoisotopic (exact) mass is 171 g/mol. The Balaban J connectivity index is 0. The summed E-state index contributed by atoms with van der Waals surface area (Å²) in [6, 6.07) is 5.72. The van der Waals surface area contributed by atoms with Crippen molar-refractivity contribution in [1.82, 2.24) is 4.98 Å². The average molecular weight is 171 g/mol. The molecule has 0 atom stereocenters. The lowest BCUT2D eigenvalue weighted by Gasteiger charge is -1.70. The molecule has 0 radical (unpaired) electrons. The molecule has 0 saturated carbocycles. The number of hydrogen-bond acceptors (Lipinski definition) is 3. The summed E-state index contributed by atoms with van der Waals surface area (Å²) in [7, 11) is 0. The number of aromatic nitrogens is 1. The summed E-state index contributed by atoms with van der Waals surface area (Å²) in [4.78, 5) is 20.5. The molecule has 0 aliphatic rings. The second-order valence-corrected chi connectivity index (χ2v) is 1.24. The van der Waals surface area contributed by atoms with Gasteiger partial charge >= 0.3 is 0 Å². The predicted molar refractivity (Wildman–Crippen MR) is 41.6 cm³/mol. The van der Waals surface area contributed by atoms with Crippen LogP contribution in [0.1, 0.15) is 0 Å². The van der Waals surface area contributed by atoms with Crippen LogP contribution < -0.4 is 0 Å². The standard InChI is InChI=1S/C5H5N.2CH2O2/c1-2-4-6-5-3-1;2*2-1-3/h1-5H;2*1H,(H,2,3). The molecule has 1 rings (SSSR count). The van der Waals surface area contributed by atoms with Crippen LogP contribution in [0.4, 0.5) is 0 Å². The topological polar surface area (TPSA) is 87.5 Å². The maximum absolute atomic E-state index is 8.36. The van der Waals surface area contributed by atoms with E-state index < -0.39 is 0 Å². The van der Waals surface area contributed by atoms with E-state index in [0.29, 0.717) is 0 Å². The number of hydrogen-bond donors (Lipinski definition) is 2. The van der Waals surface area contributed by atoms with Gasteiger partial charge in [-0.25, -0.2) is 0 Å². The van der Waals surface area contributed by atoms with E-state index in [2.05, 4.69) is 4.98 Å². The molecule has 0 unspecified atom stereocenters. The zero-order chi connectivity index (χ0) is 9.66. The van der Waals surface area contributed by atoms with E-state index in [1.54, 1.807) is 12.4 Å². The lowest BCUT2D eigenvalue weighted by molar-refractivity contribution is -0.123. The van der Waals surface area contributed by atoms with E-state index in [0.717, 1.165) is 0 Å². The fourth-order valence-electron chi connectivity index (χ4n) is 0.313. The van der Waals surface area contributed by atoms with Gasteiger partial charge in [-0.05, 0) is 12.1 Å². The van der Waals surface area contributed by atoms with Gasteiger partial charge in [0.15, 0.2) is 0 Å². The summed E-state index contributed by atoms with van der Waals surface area (Å²) in [5.74, 6) is 0. The highest BCUT2D eigenvalue weighted by Gasteiger charge is 1.58. The van der Waals surface area contributed by atoms with Gasteiger partial charge in [0.05, 0.1) is 0 Å². The van der Waals surface area contributed by atoms with Gasteiger partial charge in [-0.3, -0.25) is 14.6 Å². The zero-order valence-corrected chi connectivity index (χ0v) is 6.20. The van der Waals surface area contributed by atoms with Gasteiger partial charge in [0.25, 0.3) is 12.9 Å². The summed E-state index contributed by atoms with van der Waals surface area (Å²) in [5, 5.41) is 13.8. The highest BCUT2D eigenvalue weighted by atomic mass is 16.3. The van der Waals surface area contributed by atoms with Crippen LogP contribution >= 0.6 is 0 Å². The van der Waals surface area contributed by atoms with Crippen molar-refractivity contribution < 1.29 is 19.8 Å². The molecule has 5 heteroatoms. The van der Waals surface area contributed by atoms with Gasteiger partial charge in [-0.1, -0.05) is 6.07 Å². The molecule has 0 bridgehead atoms. The number of carboxylic acid groups (broad SMARTS) is 2. The van der Waals surface area contributed by atoms with Crippen LogP contribution in [0.3, 0.4) is 0 Å². The molecular formula is C7H9NO4. The highest BCUT2D eigenvalue weighted by molar-refractivity contribution is 5.33. The molecular weight excluding hydrogens is 162 g/mol. The zero-order valence-electron chi connectivity index (χ0n) is 6.20. The predicted octanol–water partition coefficient (Wildman–Crippen LogP) is 0.483. The Labute approximate surface area is 69.3 Å². The smallest absolute Gasteiger partial charge is 0.290 e. The fourth-order valence-corrected chi connectivity index (χ4v) is 0.313. The van der Waals surface area contributed by atoms with Gasteiger partial charge in [-0.15, -0.1) is 0 Å². The van der Waals surface area contributed by atoms with Crippen molar-refractivity contribution >= 4 is 12.9 Å². The Bertz CT molecular complexity index is 145. The van der Waals surface area contributed by atoms with Crippen LogP contribution in [0.2, 0.25) is 0 Å². The first-order valence-electron chi connectivity index (χ1n) is 2.84. The molecule has 5 nitrogen and oxygen atoms in total. The van der Waals surface area contributed by atoms with Gasteiger partial charge in [-0.2, -0.15) is 0 Å². The van der Waals surface area contributed by atoms with E-state index in [-0.39, 0.29) is 12.9 Å². The molecule has 0 aromatic carbocycles. The molecule has 0 spiro atoms. The van der Waals surface area contributed by atoms with Crippen LogP contribution in [-0.2, 0) is 9.59 Å². The Morgan fingerprint density at radius 1 is 0.917 bits per heavy atom. The molecule has 0 fully saturated rings. The molecule has 12 heavy (non-hydrogen) atoms. The van der Waals surface area contributed by atoms with Crippen molar-refractivity contribution in [2.45, 2.75) is 0 Å². The summed E-state index contributed by atoms with van der Waals surface area (Å²) in [5.41, 5.74) is 0. The van der Waals surface area contributed by atoms with Gasteiger partial charge in [0, 0.05) is 12.4 Å². The summed E-state index contributed by atoms with van der Waals surface area (Å²) in [6.07, 6.45) is 3.50. The minimum Gasteiger partial charge on any atom is -0.483 e. The second-order valence-electron chi connectivity index (χ2n) is 1.24. The van der Waals surface area contributed by atoms with Crippen LogP contribution in [0.5, 0.6) is 0 Å². The first-order chi connectivity index (χ1) is 5.83. The van der Waals surface area contributed by atoms with E-state index >= 15 is 0 Å². The van der Waals surface area contributed by atoms with Crippen LogP contribution in [0, 0.1) is 0 Å². The van der Waals surface area contributed by atoms with Crippen molar-refractivity contribution in [3.63, 3.8) is 0 Å². The molecule has 1 heterocycles. The third-order valence-corrected chi connectivity index (χ3v) is 0.566. The molecule has 0 amide bonds. The number of carbonyl (C=O) groups is 2. The van der Waals surface area contributed by atoms with Gasteiger partial charge in [0.1, 0.15) is 0 Å². The second kappa shape index (κ2) is 16.0. The molecule has 1 aromatic heterocycles. The number of nitrogens with zero attached hydrogens (tertiary/aromatic N) is 1.